The molecule has 2 N–H and O–H groups in total. The molecule has 0 amide bonds. The largest absolute Gasteiger partial charge is 0.374 e. The number of nitrogens with two attached hydrogens (primary N) is 1. The molecule has 1 unspecified atom stereocenters. The van der Waals surface area contributed by atoms with Crippen LogP contribution in [-0.2, 0) is 4.74 Å². The van der Waals surface area contributed by atoms with Gasteiger partial charge >= 0.3 is 0 Å². The van der Waals surface area contributed by atoms with Crippen LogP contribution in [-0.4, -0.2) is 12.2 Å². The zero-order chi connectivity index (χ0) is 13.1. The number of benzene rings is 1. The molecule has 0 aliphatic heterocycles. The van der Waals surface area contributed by atoms with Crippen LogP contribution < -0.4 is 5.73 Å². The smallest absolute Gasteiger partial charge is 0.163 e. The van der Waals surface area contributed by atoms with Crippen LogP contribution >= 0.6 is 0 Å². The monoisotopic (exact) mass is 243 g/mol. The summed E-state index contributed by atoms with van der Waals surface area (Å²) in [6.07, 6.45) is 0.825. The Morgan fingerprint density at radius 3 is 2.59 bits per heavy atom. The highest BCUT2D eigenvalue weighted by Gasteiger charge is 2.20. The molecule has 96 valence electrons. The van der Waals surface area contributed by atoms with Gasteiger partial charge in [-0.1, -0.05) is 19.1 Å². The maximum absolute atomic E-state index is 13.4. The standard InChI is InChI=1S/C13H19F2NO/c1-4-13(2,3)17-8-11(16)9-6-5-7-10(14)12(9)15/h5-7,11H,4,8,16H2,1-3H3. The Labute approximate surface area is 101 Å². The van der Waals surface area contributed by atoms with E-state index in [0.717, 1.165) is 12.5 Å². The lowest BCUT2D eigenvalue weighted by atomic mass is 10.1. The van der Waals surface area contributed by atoms with Gasteiger partial charge in [0.2, 0.25) is 0 Å². The maximum atomic E-state index is 13.4. The van der Waals surface area contributed by atoms with Gasteiger partial charge in [0.25, 0.3) is 0 Å². The summed E-state index contributed by atoms with van der Waals surface area (Å²) in [5, 5.41) is 0. The molecule has 0 fully saturated rings. The first-order valence-electron chi connectivity index (χ1n) is 5.71. The van der Waals surface area contributed by atoms with Gasteiger partial charge in [-0.15, -0.1) is 0 Å². The average molecular weight is 243 g/mol. The van der Waals surface area contributed by atoms with Gasteiger partial charge in [-0.25, -0.2) is 8.78 Å². The van der Waals surface area contributed by atoms with Crippen molar-refractivity contribution in [3.8, 4) is 0 Å². The minimum Gasteiger partial charge on any atom is -0.374 e. The van der Waals surface area contributed by atoms with Crippen LogP contribution in [0.4, 0.5) is 8.78 Å². The number of hydrogen-bond donors (Lipinski definition) is 1. The molecule has 2 nitrogen and oxygen atoms in total. The van der Waals surface area contributed by atoms with E-state index in [0.29, 0.717) is 0 Å². The van der Waals surface area contributed by atoms with Crippen molar-refractivity contribution in [3.63, 3.8) is 0 Å². The zero-order valence-electron chi connectivity index (χ0n) is 10.5. The normalized spacial score (nSPS) is 13.8. The van der Waals surface area contributed by atoms with Crippen molar-refractivity contribution in [3.05, 3.63) is 35.4 Å². The number of ether oxygens (including phenoxy) is 1. The summed E-state index contributed by atoms with van der Waals surface area (Å²) in [6, 6.07) is 3.34. The quantitative estimate of drug-likeness (QED) is 0.862. The van der Waals surface area contributed by atoms with Crippen LogP contribution in [0, 0.1) is 11.6 Å². The lowest BCUT2D eigenvalue weighted by molar-refractivity contribution is -0.0270. The summed E-state index contributed by atoms with van der Waals surface area (Å²) in [5.41, 5.74) is 5.64. The molecule has 0 aliphatic rings. The first kappa shape index (κ1) is 14.1. The van der Waals surface area contributed by atoms with Gasteiger partial charge < -0.3 is 10.5 Å². The Morgan fingerprint density at radius 2 is 2.00 bits per heavy atom. The second-order valence-corrected chi connectivity index (χ2v) is 4.67. The molecule has 1 aromatic carbocycles. The minimum absolute atomic E-state index is 0.150. The van der Waals surface area contributed by atoms with E-state index in [1.54, 1.807) is 0 Å². The van der Waals surface area contributed by atoms with Crippen molar-refractivity contribution in [2.75, 3.05) is 6.61 Å². The summed E-state index contributed by atoms with van der Waals surface area (Å²) in [4.78, 5) is 0. The molecule has 0 saturated heterocycles. The highest BCUT2D eigenvalue weighted by atomic mass is 19.2. The van der Waals surface area contributed by atoms with Crippen molar-refractivity contribution in [1.29, 1.82) is 0 Å². The van der Waals surface area contributed by atoms with Crippen LogP contribution in [0.3, 0.4) is 0 Å². The van der Waals surface area contributed by atoms with Gasteiger partial charge in [-0.05, 0) is 26.3 Å². The topological polar surface area (TPSA) is 35.2 Å². The molecule has 4 heteroatoms. The molecule has 0 spiro atoms. The van der Waals surface area contributed by atoms with Gasteiger partial charge in [0, 0.05) is 5.56 Å². The van der Waals surface area contributed by atoms with E-state index in [9.17, 15) is 8.78 Å². The lowest BCUT2D eigenvalue weighted by Crippen LogP contribution is -2.29. The third-order valence-electron chi connectivity index (χ3n) is 2.89. The molecule has 1 rings (SSSR count). The van der Waals surface area contributed by atoms with E-state index >= 15 is 0 Å². The van der Waals surface area contributed by atoms with E-state index in [1.165, 1.54) is 12.1 Å². The Kier molecular flexibility index (Phi) is 4.60. The summed E-state index contributed by atoms with van der Waals surface area (Å²) >= 11 is 0. The van der Waals surface area contributed by atoms with Crippen molar-refractivity contribution >= 4 is 0 Å². The highest BCUT2D eigenvalue weighted by Crippen LogP contribution is 2.21. The highest BCUT2D eigenvalue weighted by molar-refractivity contribution is 5.22. The zero-order valence-corrected chi connectivity index (χ0v) is 10.5. The third-order valence-corrected chi connectivity index (χ3v) is 2.89. The SMILES string of the molecule is CCC(C)(C)OCC(N)c1cccc(F)c1F. The second-order valence-electron chi connectivity index (χ2n) is 4.67. The Balaban J connectivity index is 2.71. The maximum Gasteiger partial charge on any atom is 0.163 e. The van der Waals surface area contributed by atoms with Crippen LogP contribution in [0.15, 0.2) is 18.2 Å². The van der Waals surface area contributed by atoms with Crippen molar-refractivity contribution in [2.45, 2.75) is 38.8 Å². The molecule has 0 aliphatic carbocycles. The minimum atomic E-state index is -0.891. The summed E-state index contributed by atoms with van der Waals surface area (Å²) in [5.74, 6) is -1.77. The number of hydrogen-bond acceptors (Lipinski definition) is 2. The molecule has 0 bridgehead atoms. The van der Waals surface area contributed by atoms with E-state index in [-0.39, 0.29) is 17.8 Å². The first-order valence-corrected chi connectivity index (χ1v) is 5.71. The molecule has 0 heterocycles. The number of rotatable bonds is 5. The molecule has 0 aromatic heterocycles. The van der Waals surface area contributed by atoms with Gasteiger partial charge in [0.1, 0.15) is 0 Å². The van der Waals surface area contributed by atoms with E-state index < -0.39 is 17.7 Å². The summed E-state index contributed by atoms with van der Waals surface area (Å²) < 4.78 is 32.0. The van der Waals surface area contributed by atoms with Crippen molar-refractivity contribution in [2.24, 2.45) is 5.73 Å². The van der Waals surface area contributed by atoms with Crippen LogP contribution in [0.25, 0.3) is 0 Å². The predicted octanol–water partition coefficient (Wildman–Crippen LogP) is 3.17. The number of halogens is 2. The van der Waals surface area contributed by atoms with E-state index in [2.05, 4.69) is 0 Å². The summed E-state index contributed by atoms with van der Waals surface area (Å²) in [7, 11) is 0. The van der Waals surface area contributed by atoms with E-state index in [4.69, 9.17) is 10.5 Å². The molecule has 1 aromatic rings. The fourth-order valence-electron chi connectivity index (χ4n) is 1.31. The van der Waals surface area contributed by atoms with Gasteiger partial charge in [0.05, 0.1) is 18.2 Å². The lowest BCUT2D eigenvalue weighted by Gasteiger charge is -2.25. The van der Waals surface area contributed by atoms with Crippen molar-refractivity contribution < 1.29 is 13.5 Å². The van der Waals surface area contributed by atoms with Gasteiger partial charge in [-0.3, -0.25) is 0 Å². The van der Waals surface area contributed by atoms with Crippen LogP contribution in [0.1, 0.15) is 38.8 Å². The first-order chi connectivity index (χ1) is 7.87. The fourth-order valence-corrected chi connectivity index (χ4v) is 1.31. The fraction of sp³-hybridized carbons (Fsp3) is 0.538. The molecule has 0 radical (unpaired) electrons. The molecule has 17 heavy (non-hydrogen) atoms. The average Bonchev–Trinajstić information content (AvgIpc) is 2.30. The predicted molar refractivity (Wildman–Crippen MR) is 63.6 cm³/mol. The van der Waals surface area contributed by atoms with Gasteiger partial charge in [0.15, 0.2) is 11.6 Å². The van der Waals surface area contributed by atoms with Crippen LogP contribution in [0.2, 0.25) is 0 Å². The Hall–Kier alpha value is -1.00. The Morgan fingerprint density at radius 1 is 1.35 bits per heavy atom. The van der Waals surface area contributed by atoms with E-state index in [1.807, 2.05) is 20.8 Å². The summed E-state index contributed by atoms with van der Waals surface area (Å²) in [6.45, 7) is 6.03. The second kappa shape index (κ2) is 5.56. The van der Waals surface area contributed by atoms with Crippen LogP contribution in [0.5, 0.6) is 0 Å². The molecular weight excluding hydrogens is 224 g/mol. The van der Waals surface area contributed by atoms with Gasteiger partial charge in [-0.2, -0.15) is 0 Å². The molecule has 1 atom stereocenters. The molecule has 0 saturated carbocycles. The third kappa shape index (κ3) is 3.75. The van der Waals surface area contributed by atoms with Crippen molar-refractivity contribution in [1.82, 2.24) is 0 Å². The molecular formula is C13H19F2NO. The Bertz CT molecular complexity index is 380.